The SMILES string of the molecule is CCN(CC)C(=O)NC(NC(=S)Nc1ccc(NC(C)=O)cc1)C(Cl)(Cl)Cl. The van der Waals surface area contributed by atoms with E-state index in [1.807, 2.05) is 13.8 Å². The van der Waals surface area contributed by atoms with E-state index >= 15 is 0 Å². The fraction of sp³-hybridized carbons (Fsp3) is 0.438. The van der Waals surface area contributed by atoms with Crippen LogP contribution in [0.5, 0.6) is 0 Å². The summed E-state index contributed by atoms with van der Waals surface area (Å²) in [5, 5.41) is 11.1. The van der Waals surface area contributed by atoms with Crippen molar-refractivity contribution in [1.29, 1.82) is 0 Å². The third-order valence-electron chi connectivity index (χ3n) is 3.38. The summed E-state index contributed by atoms with van der Waals surface area (Å²) >= 11 is 23.1. The van der Waals surface area contributed by atoms with E-state index in [0.29, 0.717) is 24.5 Å². The van der Waals surface area contributed by atoms with E-state index in [1.165, 1.54) is 6.92 Å². The topological polar surface area (TPSA) is 85.5 Å². The Hall–Kier alpha value is -1.48. The number of halogens is 3. The van der Waals surface area contributed by atoms with E-state index in [0.717, 1.165) is 0 Å². The lowest BCUT2D eigenvalue weighted by atomic mass is 10.3. The molecule has 0 radical (unpaired) electrons. The van der Waals surface area contributed by atoms with Crippen LogP contribution in [0.4, 0.5) is 16.2 Å². The van der Waals surface area contributed by atoms with Gasteiger partial charge in [0.05, 0.1) is 0 Å². The van der Waals surface area contributed by atoms with Crippen molar-refractivity contribution in [2.45, 2.75) is 30.7 Å². The van der Waals surface area contributed by atoms with E-state index in [9.17, 15) is 9.59 Å². The van der Waals surface area contributed by atoms with Crippen molar-refractivity contribution in [2.24, 2.45) is 0 Å². The van der Waals surface area contributed by atoms with Crippen LogP contribution in [0.15, 0.2) is 24.3 Å². The molecular weight excluding hydrogens is 433 g/mol. The van der Waals surface area contributed by atoms with Gasteiger partial charge in [0, 0.05) is 31.4 Å². The number of rotatable bonds is 6. The summed E-state index contributed by atoms with van der Waals surface area (Å²) in [7, 11) is 0. The highest BCUT2D eigenvalue weighted by Gasteiger charge is 2.35. The molecular formula is C16H22Cl3N5O2S. The number of hydrogen-bond donors (Lipinski definition) is 4. The number of urea groups is 1. The largest absolute Gasteiger partial charge is 0.339 e. The van der Waals surface area contributed by atoms with Gasteiger partial charge < -0.3 is 26.2 Å². The molecule has 4 N–H and O–H groups in total. The van der Waals surface area contributed by atoms with Crippen LogP contribution in [0.3, 0.4) is 0 Å². The van der Waals surface area contributed by atoms with Crippen molar-refractivity contribution in [2.75, 3.05) is 23.7 Å². The molecule has 1 atom stereocenters. The van der Waals surface area contributed by atoms with Gasteiger partial charge in [-0.3, -0.25) is 4.79 Å². The average molecular weight is 455 g/mol. The first-order chi connectivity index (χ1) is 12.6. The fourth-order valence-electron chi connectivity index (χ4n) is 2.06. The third-order valence-corrected chi connectivity index (χ3v) is 4.26. The number of benzene rings is 1. The van der Waals surface area contributed by atoms with E-state index in [4.69, 9.17) is 47.0 Å². The number of thiocarbonyl (C=S) groups is 1. The summed E-state index contributed by atoms with van der Waals surface area (Å²) in [4.78, 5) is 24.8. The Morgan fingerprint density at radius 1 is 1.04 bits per heavy atom. The summed E-state index contributed by atoms with van der Waals surface area (Å²) in [5.41, 5.74) is 1.30. The van der Waals surface area contributed by atoms with Crippen molar-refractivity contribution in [3.8, 4) is 0 Å². The molecule has 0 aliphatic carbocycles. The lowest BCUT2D eigenvalue weighted by Crippen LogP contribution is -2.58. The van der Waals surface area contributed by atoms with Gasteiger partial charge in [0.1, 0.15) is 0 Å². The quantitative estimate of drug-likeness (QED) is 0.299. The zero-order valence-electron chi connectivity index (χ0n) is 15.1. The lowest BCUT2D eigenvalue weighted by molar-refractivity contribution is -0.114. The zero-order valence-corrected chi connectivity index (χ0v) is 18.2. The molecule has 1 aromatic carbocycles. The van der Waals surface area contributed by atoms with Crippen LogP contribution in [0.25, 0.3) is 0 Å². The van der Waals surface area contributed by atoms with Crippen molar-refractivity contribution in [3.63, 3.8) is 0 Å². The summed E-state index contributed by atoms with van der Waals surface area (Å²) in [6, 6.07) is 6.48. The first-order valence-electron chi connectivity index (χ1n) is 8.14. The monoisotopic (exact) mass is 453 g/mol. The number of nitrogens with zero attached hydrogens (tertiary/aromatic N) is 1. The molecule has 0 heterocycles. The van der Waals surface area contributed by atoms with Crippen LogP contribution in [0.2, 0.25) is 0 Å². The second kappa shape index (κ2) is 10.8. The molecule has 1 rings (SSSR count). The van der Waals surface area contributed by atoms with Crippen LogP contribution in [0.1, 0.15) is 20.8 Å². The van der Waals surface area contributed by atoms with E-state index in [1.54, 1.807) is 29.2 Å². The number of amides is 3. The highest BCUT2D eigenvalue weighted by Crippen LogP contribution is 2.29. The lowest BCUT2D eigenvalue weighted by Gasteiger charge is -2.30. The Bertz CT molecular complexity index is 663. The van der Waals surface area contributed by atoms with Crippen molar-refractivity contribution >= 4 is 75.4 Å². The Labute approximate surface area is 179 Å². The summed E-state index contributed by atoms with van der Waals surface area (Å²) < 4.78 is -1.83. The number of carbonyl (C=O) groups excluding carboxylic acids is 2. The highest BCUT2D eigenvalue weighted by molar-refractivity contribution is 7.80. The number of hydrogen-bond acceptors (Lipinski definition) is 3. The maximum atomic E-state index is 12.2. The fourth-order valence-corrected chi connectivity index (χ4v) is 2.63. The molecule has 0 spiro atoms. The van der Waals surface area contributed by atoms with Gasteiger partial charge in [-0.05, 0) is 50.3 Å². The van der Waals surface area contributed by atoms with Gasteiger partial charge in [0.25, 0.3) is 0 Å². The Balaban J connectivity index is 2.74. The number of alkyl halides is 3. The van der Waals surface area contributed by atoms with Gasteiger partial charge in [-0.15, -0.1) is 0 Å². The molecule has 7 nitrogen and oxygen atoms in total. The highest BCUT2D eigenvalue weighted by atomic mass is 35.6. The average Bonchev–Trinajstić information content (AvgIpc) is 2.56. The minimum Gasteiger partial charge on any atom is -0.339 e. The number of anilines is 2. The second-order valence-electron chi connectivity index (χ2n) is 5.45. The maximum absolute atomic E-state index is 12.2. The van der Waals surface area contributed by atoms with E-state index in [2.05, 4.69) is 21.3 Å². The van der Waals surface area contributed by atoms with Crippen LogP contribution in [-0.2, 0) is 4.79 Å². The molecule has 1 aromatic rings. The third kappa shape index (κ3) is 8.38. The standard InChI is InChI=1S/C16H22Cl3N5O2S/c1-4-24(5-2)15(26)23-13(16(17,18)19)22-14(27)21-12-8-6-11(7-9-12)20-10(3)25/h6-9,13H,4-5H2,1-3H3,(H,20,25)(H,23,26)(H2,21,22,27). The molecule has 27 heavy (non-hydrogen) atoms. The smallest absolute Gasteiger partial charge is 0.319 e. The van der Waals surface area contributed by atoms with Gasteiger partial charge in [0.2, 0.25) is 9.70 Å². The molecule has 0 aliphatic heterocycles. The second-order valence-corrected chi connectivity index (χ2v) is 8.23. The predicted molar refractivity (Wildman–Crippen MR) is 116 cm³/mol. The van der Waals surface area contributed by atoms with Crippen LogP contribution < -0.4 is 21.3 Å². The molecule has 3 amide bonds. The van der Waals surface area contributed by atoms with E-state index < -0.39 is 9.96 Å². The van der Waals surface area contributed by atoms with Crippen molar-refractivity contribution < 1.29 is 9.59 Å². The van der Waals surface area contributed by atoms with Crippen molar-refractivity contribution in [1.82, 2.24) is 15.5 Å². The summed E-state index contributed by atoms with van der Waals surface area (Å²) in [6.07, 6.45) is -1.05. The number of nitrogens with one attached hydrogen (secondary N) is 4. The molecule has 0 saturated heterocycles. The normalized spacial score (nSPS) is 11.9. The van der Waals surface area contributed by atoms with Crippen molar-refractivity contribution in [3.05, 3.63) is 24.3 Å². The number of carbonyl (C=O) groups is 2. The van der Waals surface area contributed by atoms with Gasteiger partial charge >= 0.3 is 6.03 Å². The predicted octanol–water partition coefficient (Wildman–Crippen LogP) is 3.68. The molecule has 0 bridgehead atoms. The van der Waals surface area contributed by atoms with Gasteiger partial charge in [-0.1, -0.05) is 34.8 Å². The first kappa shape index (κ1) is 23.6. The zero-order chi connectivity index (χ0) is 20.6. The van der Waals surface area contributed by atoms with E-state index in [-0.39, 0.29) is 17.1 Å². The minimum atomic E-state index is -1.83. The van der Waals surface area contributed by atoms with Crippen LogP contribution >= 0.6 is 47.0 Å². The maximum Gasteiger partial charge on any atom is 0.319 e. The van der Waals surface area contributed by atoms with Crippen LogP contribution in [-0.4, -0.2) is 45.0 Å². The molecule has 0 fully saturated rings. The molecule has 0 aromatic heterocycles. The summed E-state index contributed by atoms with van der Waals surface area (Å²) in [5.74, 6) is -0.164. The minimum absolute atomic E-state index is 0.151. The Morgan fingerprint density at radius 3 is 1.93 bits per heavy atom. The molecule has 11 heteroatoms. The van der Waals surface area contributed by atoms with Gasteiger partial charge in [-0.2, -0.15) is 0 Å². The summed E-state index contributed by atoms with van der Waals surface area (Å²) in [6.45, 7) is 6.14. The molecule has 150 valence electrons. The molecule has 0 aliphatic rings. The molecule has 1 unspecified atom stereocenters. The first-order valence-corrected chi connectivity index (χ1v) is 9.68. The van der Waals surface area contributed by atoms with Crippen LogP contribution in [0, 0.1) is 0 Å². The molecule has 0 saturated carbocycles. The van der Waals surface area contributed by atoms with Gasteiger partial charge in [-0.25, -0.2) is 4.79 Å². The van der Waals surface area contributed by atoms with Gasteiger partial charge in [0.15, 0.2) is 11.3 Å². The Kier molecular flexibility index (Phi) is 9.38. The Morgan fingerprint density at radius 2 is 1.52 bits per heavy atom.